The fraction of sp³-hybridized carbons (Fsp3) is 0.639. The average molecular weight is 628 g/mol. The summed E-state index contributed by atoms with van der Waals surface area (Å²) >= 11 is 6.33. The van der Waals surface area contributed by atoms with Crippen molar-refractivity contribution in [2.45, 2.75) is 95.6 Å². The van der Waals surface area contributed by atoms with Gasteiger partial charge in [0, 0.05) is 23.0 Å². The number of ether oxygens (including phenoxy) is 2. The molecule has 2 unspecified atom stereocenters. The van der Waals surface area contributed by atoms with E-state index < -0.39 is 5.82 Å². The van der Waals surface area contributed by atoms with E-state index in [1.165, 1.54) is 56.8 Å². The van der Waals surface area contributed by atoms with E-state index in [2.05, 4.69) is 27.2 Å². The number of benzene rings is 2. The van der Waals surface area contributed by atoms with Crippen molar-refractivity contribution in [3.8, 4) is 11.5 Å². The highest BCUT2D eigenvalue weighted by molar-refractivity contribution is 6.31. The van der Waals surface area contributed by atoms with Gasteiger partial charge in [0.1, 0.15) is 5.82 Å². The molecule has 3 aliphatic heterocycles. The summed E-state index contributed by atoms with van der Waals surface area (Å²) in [7, 11) is 0. The molecule has 0 aliphatic carbocycles. The number of nitrogens with zero attached hydrogens (tertiary/aromatic N) is 2. The zero-order valence-corrected chi connectivity index (χ0v) is 27.5. The smallest absolute Gasteiger partial charge is 0.161 e. The fourth-order valence-electron chi connectivity index (χ4n) is 7.67. The Morgan fingerprint density at radius 2 is 1.75 bits per heavy atom. The van der Waals surface area contributed by atoms with Crippen LogP contribution in [0.3, 0.4) is 0 Å². The van der Waals surface area contributed by atoms with Crippen LogP contribution in [0.4, 0.5) is 4.39 Å². The summed E-state index contributed by atoms with van der Waals surface area (Å²) in [5, 5.41) is 3.83. The van der Waals surface area contributed by atoms with E-state index in [-0.39, 0.29) is 29.2 Å². The average Bonchev–Trinajstić information content (AvgIpc) is 3.27. The van der Waals surface area contributed by atoms with Gasteiger partial charge in [-0.25, -0.2) is 4.39 Å². The Hall–Kier alpha value is -2.19. The molecule has 3 saturated heterocycles. The zero-order valence-electron chi connectivity index (χ0n) is 26.7. The maximum absolute atomic E-state index is 14.7. The van der Waals surface area contributed by atoms with Crippen LogP contribution in [0.25, 0.3) is 0 Å². The quantitative estimate of drug-likeness (QED) is 0.279. The second-order valence-corrected chi connectivity index (χ2v) is 13.3. The van der Waals surface area contributed by atoms with Gasteiger partial charge < -0.3 is 24.6 Å². The number of hydrogen-bond acceptors (Lipinski definition) is 6. The third kappa shape index (κ3) is 8.14. The van der Waals surface area contributed by atoms with Crippen molar-refractivity contribution in [3.05, 3.63) is 58.4 Å². The lowest BCUT2D eigenvalue weighted by molar-refractivity contribution is -0.120. The normalized spacial score (nSPS) is 24.1. The number of ketones is 1. The molecule has 0 radical (unpaired) electrons. The Morgan fingerprint density at radius 1 is 1.00 bits per heavy atom. The van der Waals surface area contributed by atoms with Crippen LogP contribution in [0.5, 0.6) is 11.5 Å². The van der Waals surface area contributed by atoms with Gasteiger partial charge in [-0.3, -0.25) is 4.79 Å². The van der Waals surface area contributed by atoms with Gasteiger partial charge in [0.25, 0.3) is 0 Å². The standard InChI is InChI=1S/C36H51ClFN3O3/c1-3-43-34-13-12-27(24-35(34)44-4-2)36(17-23-40-21-14-28(15-22-40)41-19-6-5-7-20-41)16-9-18-39-32(26-36)33(42)25-29-30(37)10-8-11-31(29)38/h8,10-13,24,28,32,39H,3-7,9,14-23,25-26H2,1-2H3. The summed E-state index contributed by atoms with van der Waals surface area (Å²) in [5.74, 6) is 1.07. The molecule has 0 spiro atoms. The highest BCUT2D eigenvalue weighted by Crippen LogP contribution is 2.43. The predicted octanol–water partition coefficient (Wildman–Crippen LogP) is 6.81. The molecule has 3 fully saturated rings. The van der Waals surface area contributed by atoms with E-state index in [9.17, 15) is 9.18 Å². The molecule has 8 heteroatoms. The second kappa shape index (κ2) is 15.9. The minimum Gasteiger partial charge on any atom is -0.490 e. The van der Waals surface area contributed by atoms with E-state index in [0.717, 1.165) is 63.0 Å². The first kappa shape index (κ1) is 33.2. The molecular weight excluding hydrogens is 577 g/mol. The van der Waals surface area contributed by atoms with Gasteiger partial charge >= 0.3 is 0 Å². The molecule has 2 atom stereocenters. The first-order valence-electron chi connectivity index (χ1n) is 17.0. The van der Waals surface area contributed by atoms with Gasteiger partial charge in [-0.05, 0) is 140 Å². The Balaban J connectivity index is 1.37. The highest BCUT2D eigenvalue weighted by atomic mass is 35.5. The summed E-state index contributed by atoms with van der Waals surface area (Å²) in [6.45, 7) is 11.6. The topological polar surface area (TPSA) is 54.0 Å². The summed E-state index contributed by atoms with van der Waals surface area (Å²) in [6, 6.07) is 11.3. The second-order valence-electron chi connectivity index (χ2n) is 12.9. The zero-order chi connectivity index (χ0) is 30.9. The molecule has 0 saturated carbocycles. The van der Waals surface area contributed by atoms with Crippen LogP contribution in [0.2, 0.25) is 5.02 Å². The number of Topliss-reactive ketones (excluding diaryl/α,β-unsaturated/α-hetero) is 1. The number of nitrogens with one attached hydrogen (secondary N) is 1. The first-order chi connectivity index (χ1) is 21.4. The molecule has 2 aromatic carbocycles. The van der Waals surface area contributed by atoms with Crippen LogP contribution in [0, 0.1) is 5.82 Å². The van der Waals surface area contributed by atoms with Crippen molar-refractivity contribution in [2.24, 2.45) is 0 Å². The Morgan fingerprint density at radius 3 is 2.48 bits per heavy atom. The maximum atomic E-state index is 14.7. The van der Waals surface area contributed by atoms with Gasteiger partial charge in [0.15, 0.2) is 17.3 Å². The van der Waals surface area contributed by atoms with E-state index >= 15 is 0 Å². The number of piperidine rings is 2. The lowest BCUT2D eigenvalue weighted by atomic mass is 9.69. The van der Waals surface area contributed by atoms with Crippen LogP contribution in [0.15, 0.2) is 36.4 Å². The van der Waals surface area contributed by atoms with E-state index in [1.54, 1.807) is 12.1 Å². The third-order valence-corrected chi connectivity index (χ3v) is 10.5. The fourth-order valence-corrected chi connectivity index (χ4v) is 7.90. The molecule has 0 aromatic heterocycles. The molecule has 6 nitrogen and oxygen atoms in total. The van der Waals surface area contributed by atoms with Crippen LogP contribution in [0.1, 0.15) is 82.8 Å². The van der Waals surface area contributed by atoms with Crippen molar-refractivity contribution in [2.75, 3.05) is 52.5 Å². The Labute approximate surface area is 268 Å². The third-order valence-electron chi connectivity index (χ3n) is 10.1. The van der Waals surface area contributed by atoms with Crippen molar-refractivity contribution < 1.29 is 18.7 Å². The number of likely N-dealkylation sites (tertiary alicyclic amines) is 2. The lowest BCUT2D eigenvalue weighted by Crippen LogP contribution is -2.48. The molecule has 5 rings (SSSR count). The van der Waals surface area contributed by atoms with E-state index in [0.29, 0.717) is 24.7 Å². The molecular formula is C36H51ClFN3O3. The van der Waals surface area contributed by atoms with Gasteiger partial charge in [-0.1, -0.05) is 30.2 Å². The molecule has 44 heavy (non-hydrogen) atoms. The predicted molar refractivity (Wildman–Crippen MR) is 176 cm³/mol. The van der Waals surface area contributed by atoms with Crippen molar-refractivity contribution >= 4 is 17.4 Å². The van der Waals surface area contributed by atoms with E-state index in [4.69, 9.17) is 21.1 Å². The Bertz CT molecular complexity index is 1210. The monoisotopic (exact) mass is 627 g/mol. The lowest BCUT2D eigenvalue weighted by Gasteiger charge is -2.42. The molecule has 3 heterocycles. The maximum Gasteiger partial charge on any atom is 0.161 e. The molecule has 1 N–H and O–H groups in total. The number of hydrogen-bond donors (Lipinski definition) is 1. The van der Waals surface area contributed by atoms with Crippen LogP contribution >= 0.6 is 11.6 Å². The molecule has 0 amide bonds. The minimum absolute atomic E-state index is 0.0124. The summed E-state index contributed by atoms with van der Waals surface area (Å²) in [4.78, 5) is 19.2. The molecule has 2 aromatic rings. The largest absolute Gasteiger partial charge is 0.490 e. The minimum atomic E-state index is -0.424. The number of carbonyl (C=O) groups is 1. The SMILES string of the molecule is CCOc1ccc(C2(CCN3CCC(N4CCCCC4)CC3)CCCNC(C(=O)Cc3c(F)cccc3Cl)C2)cc1OCC. The number of rotatable bonds is 12. The van der Waals surface area contributed by atoms with Crippen LogP contribution in [-0.2, 0) is 16.6 Å². The van der Waals surface area contributed by atoms with Crippen molar-refractivity contribution in [1.29, 1.82) is 0 Å². The van der Waals surface area contributed by atoms with Crippen molar-refractivity contribution in [1.82, 2.24) is 15.1 Å². The van der Waals surface area contributed by atoms with Gasteiger partial charge in [-0.15, -0.1) is 0 Å². The van der Waals surface area contributed by atoms with Gasteiger partial charge in [0.2, 0.25) is 0 Å². The first-order valence-corrected chi connectivity index (χ1v) is 17.4. The van der Waals surface area contributed by atoms with Crippen LogP contribution in [-0.4, -0.2) is 80.1 Å². The van der Waals surface area contributed by atoms with E-state index in [1.807, 2.05) is 19.9 Å². The molecule has 0 bridgehead atoms. The molecule has 3 aliphatic rings. The molecule has 242 valence electrons. The van der Waals surface area contributed by atoms with Crippen LogP contribution < -0.4 is 14.8 Å². The Kier molecular flexibility index (Phi) is 12.0. The summed E-state index contributed by atoms with van der Waals surface area (Å²) in [6.07, 6.45) is 10.0. The number of carbonyl (C=O) groups excluding carboxylic acids is 1. The summed E-state index contributed by atoms with van der Waals surface area (Å²) < 4.78 is 26.6. The highest BCUT2D eigenvalue weighted by Gasteiger charge is 2.40. The van der Waals surface area contributed by atoms with Gasteiger partial charge in [-0.2, -0.15) is 0 Å². The summed E-state index contributed by atoms with van der Waals surface area (Å²) in [5.41, 5.74) is 1.24. The van der Waals surface area contributed by atoms with Gasteiger partial charge in [0.05, 0.1) is 19.3 Å². The van der Waals surface area contributed by atoms with Crippen molar-refractivity contribution in [3.63, 3.8) is 0 Å². The number of halogens is 2.